The highest BCUT2D eigenvalue weighted by atomic mass is 16.8. The van der Waals surface area contributed by atoms with Crippen molar-refractivity contribution in [2.45, 2.75) is 39.0 Å². The molecule has 1 unspecified atom stereocenters. The zero-order chi connectivity index (χ0) is 19.3. The minimum Gasteiger partial charge on any atom is -0.444 e. The predicted octanol–water partition coefficient (Wildman–Crippen LogP) is 2.07. The Morgan fingerprint density at radius 1 is 1.35 bits per heavy atom. The molecule has 1 saturated heterocycles. The second-order valence-electron chi connectivity index (χ2n) is 7.34. The van der Waals surface area contributed by atoms with Crippen LogP contribution in [0.4, 0.5) is 10.5 Å². The minimum absolute atomic E-state index is 0.0647. The molecular formula is C18H28N3O5+. The Balaban J connectivity index is 2.02. The summed E-state index contributed by atoms with van der Waals surface area (Å²) < 4.78 is 5.41. The fourth-order valence-corrected chi connectivity index (χ4v) is 2.87. The zero-order valence-electron chi connectivity index (χ0n) is 15.8. The van der Waals surface area contributed by atoms with Gasteiger partial charge in [0.25, 0.3) is 4.92 Å². The third-order valence-corrected chi connectivity index (χ3v) is 4.14. The van der Waals surface area contributed by atoms with Crippen molar-refractivity contribution in [1.82, 2.24) is 9.80 Å². The molecule has 1 fully saturated rings. The van der Waals surface area contributed by atoms with Gasteiger partial charge in [0.15, 0.2) is 7.11 Å². The van der Waals surface area contributed by atoms with Gasteiger partial charge in [-0.2, -0.15) is 0 Å². The van der Waals surface area contributed by atoms with E-state index in [1.807, 2.05) is 26.8 Å². The van der Waals surface area contributed by atoms with Crippen LogP contribution >= 0.6 is 0 Å². The van der Waals surface area contributed by atoms with Gasteiger partial charge in [0.05, 0.1) is 17.6 Å². The second kappa shape index (κ2) is 8.46. The molecule has 8 heteroatoms. The standard InChI is InChI=1S/C18H28N3O5/c1-18(2,3)26-17(23)20-9-8-19(16(12-20)13-22)11-14-6-5-7-15(10-14)21(24)25-4/h5-7,10,16,22H,8-9,11-13H2,1-4H3/q+1. The number of hydrogen-bond donors (Lipinski definition) is 1. The lowest BCUT2D eigenvalue weighted by atomic mass is 10.1. The Morgan fingerprint density at radius 3 is 2.69 bits per heavy atom. The lowest BCUT2D eigenvalue weighted by Gasteiger charge is -2.40. The summed E-state index contributed by atoms with van der Waals surface area (Å²) in [6, 6.07) is 6.95. The monoisotopic (exact) mass is 366 g/mol. The molecule has 1 amide bonds. The summed E-state index contributed by atoms with van der Waals surface area (Å²) in [7, 11) is 1.32. The van der Waals surface area contributed by atoms with Gasteiger partial charge < -0.3 is 14.7 Å². The molecule has 0 aromatic heterocycles. The van der Waals surface area contributed by atoms with E-state index in [4.69, 9.17) is 4.74 Å². The van der Waals surface area contributed by atoms with Gasteiger partial charge in [-0.15, -0.1) is 0 Å². The van der Waals surface area contributed by atoms with Gasteiger partial charge in [-0.3, -0.25) is 4.90 Å². The van der Waals surface area contributed by atoms with E-state index in [0.717, 1.165) is 5.56 Å². The molecule has 1 aliphatic heterocycles. The Kier molecular flexibility index (Phi) is 6.55. The van der Waals surface area contributed by atoms with Crippen LogP contribution in [0.2, 0.25) is 0 Å². The van der Waals surface area contributed by atoms with Crippen LogP contribution in [0.3, 0.4) is 0 Å². The fourth-order valence-electron chi connectivity index (χ4n) is 2.87. The number of aliphatic hydroxyl groups excluding tert-OH is 1. The molecule has 1 aromatic carbocycles. The van der Waals surface area contributed by atoms with Crippen LogP contribution in [0.5, 0.6) is 0 Å². The summed E-state index contributed by atoms with van der Waals surface area (Å²) in [5.74, 6) is 0. The number of nitrogens with zero attached hydrogens (tertiary/aromatic N) is 3. The number of ether oxygens (including phenoxy) is 1. The molecule has 0 radical (unpaired) electrons. The summed E-state index contributed by atoms with van der Waals surface area (Å²) >= 11 is 0. The smallest absolute Gasteiger partial charge is 0.410 e. The minimum atomic E-state index is -0.547. The Hall–Kier alpha value is -2.19. The quantitative estimate of drug-likeness (QED) is 0.804. The Labute approximate surface area is 153 Å². The van der Waals surface area contributed by atoms with Gasteiger partial charge in [0.2, 0.25) is 0 Å². The van der Waals surface area contributed by atoms with Crippen LogP contribution in [0.15, 0.2) is 24.3 Å². The molecule has 1 aliphatic rings. The summed E-state index contributed by atoms with van der Waals surface area (Å²) in [6.45, 7) is 7.53. The van der Waals surface area contributed by atoms with E-state index in [1.54, 1.807) is 23.1 Å². The van der Waals surface area contributed by atoms with Gasteiger partial charge in [0.1, 0.15) is 5.60 Å². The molecule has 8 nitrogen and oxygen atoms in total. The van der Waals surface area contributed by atoms with Gasteiger partial charge >= 0.3 is 11.8 Å². The van der Waals surface area contributed by atoms with E-state index < -0.39 is 5.60 Å². The molecule has 2 rings (SSSR count). The molecule has 0 bridgehead atoms. The molecule has 0 spiro atoms. The molecule has 0 aliphatic carbocycles. The van der Waals surface area contributed by atoms with Crippen molar-refractivity contribution in [3.05, 3.63) is 34.7 Å². The van der Waals surface area contributed by atoms with E-state index in [9.17, 15) is 14.8 Å². The fraction of sp³-hybridized carbons (Fsp3) is 0.611. The van der Waals surface area contributed by atoms with Crippen LogP contribution < -0.4 is 0 Å². The van der Waals surface area contributed by atoms with E-state index >= 15 is 0 Å². The average molecular weight is 366 g/mol. The topological polar surface area (TPSA) is 82.3 Å². The molecule has 144 valence electrons. The number of aliphatic hydroxyl groups is 1. The van der Waals surface area contributed by atoms with Crippen molar-refractivity contribution in [3.8, 4) is 0 Å². The second-order valence-corrected chi connectivity index (χ2v) is 7.34. The van der Waals surface area contributed by atoms with E-state index in [-0.39, 0.29) is 18.7 Å². The van der Waals surface area contributed by atoms with Crippen LogP contribution in [-0.4, -0.2) is 70.9 Å². The summed E-state index contributed by atoms with van der Waals surface area (Å²) in [4.78, 5) is 32.7. The molecule has 1 N–H and O–H groups in total. The molecule has 1 heterocycles. The number of benzene rings is 1. The lowest BCUT2D eigenvalue weighted by Crippen LogP contribution is -2.56. The maximum absolute atomic E-state index is 12.2. The van der Waals surface area contributed by atoms with Crippen molar-refractivity contribution in [1.29, 1.82) is 0 Å². The number of hydrogen-bond acceptors (Lipinski definition) is 6. The molecule has 1 atom stereocenters. The Morgan fingerprint density at radius 2 is 2.08 bits per heavy atom. The number of carbonyl (C=O) groups excluding carboxylic acids is 1. The predicted molar refractivity (Wildman–Crippen MR) is 95.8 cm³/mol. The SMILES string of the molecule is CO[N+](=O)c1cccc(CN2CCN(C(=O)OC(C)(C)C)CC2CO)c1. The highest BCUT2D eigenvalue weighted by Crippen LogP contribution is 2.20. The van der Waals surface area contributed by atoms with Crippen LogP contribution in [-0.2, 0) is 16.1 Å². The van der Waals surface area contributed by atoms with E-state index in [2.05, 4.69) is 9.74 Å². The van der Waals surface area contributed by atoms with Crippen LogP contribution in [0.1, 0.15) is 26.3 Å². The summed E-state index contributed by atoms with van der Waals surface area (Å²) in [5, 5.41) is 9.75. The first-order valence-corrected chi connectivity index (χ1v) is 8.66. The maximum Gasteiger partial charge on any atom is 0.410 e. The van der Waals surface area contributed by atoms with Crippen molar-refractivity contribution in [3.63, 3.8) is 0 Å². The van der Waals surface area contributed by atoms with Gasteiger partial charge in [-0.25, -0.2) is 9.63 Å². The van der Waals surface area contributed by atoms with Crippen molar-refractivity contribution < 1.29 is 24.4 Å². The number of piperazine rings is 1. The van der Waals surface area contributed by atoms with E-state index in [1.165, 1.54) is 7.11 Å². The first-order valence-electron chi connectivity index (χ1n) is 8.66. The summed E-state index contributed by atoms with van der Waals surface area (Å²) in [5.41, 5.74) is 0.803. The highest BCUT2D eigenvalue weighted by Gasteiger charge is 2.31. The third kappa shape index (κ3) is 5.40. The molecule has 26 heavy (non-hydrogen) atoms. The van der Waals surface area contributed by atoms with Crippen molar-refractivity contribution >= 4 is 11.8 Å². The highest BCUT2D eigenvalue weighted by molar-refractivity contribution is 5.68. The van der Waals surface area contributed by atoms with Gasteiger partial charge in [-0.05, 0) is 26.3 Å². The third-order valence-electron chi connectivity index (χ3n) is 4.14. The van der Waals surface area contributed by atoms with Gasteiger partial charge in [0, 0.05) is 38.3 Å². The van der Waals surface area contributed by atoms with E-state index in [0.29, 0.717) is 36.8 Å². The van der Waals surface area contributed by atoms with Crippen molar-refractivity contribution in [2.75, 3.05) is 33.4 Å². The lowest BCUT2D eigenvalue weighted by molar-refractivity contribution is -0.736. The first kappa shape index (κ1) is 20.1. The normalized spacial score (nSPS) is 18.5. The van der Waals surface area contributed by atoms with Crippen LogP contribution in [0, 0.1) is 4.91 Å². The number of amides is 1. The average Bonchev–Trinajstić information content (AvgIpc) is 2.60. The number of carbonyl (C=O) groups is 1. The largest absolute Gasteiger partial charge is 0.444 e. The Bertz CT molecular complexity index is 644. The molecular weight excluding hydrogens is 338 g/mol. The molecule has 0 saturated carbocycles. The summed E-state index contributed by atoms with van der Waals surface area (Å²) in [6.07, 6.45) is -0.361. The first-order chi connectivity index (χ1) is 12.2. The van der Waals surface area contributed by atoms with Crippen molar-refractivity contribution in [2.24, 2.45) is 0 Å². The molecule has 1 aromatic rings. The van der Waals surface area contributed by atoms with Gasteiger partial charge in [-0.1, -0.05) is 12.1 Å². The van der Waals surface area contributed by atoms with Crippen LogP contribution in [0.25, 0.3) is 0 Å². The maximum atomic E-state index is 12.2. The zero-order valence-corrected chi connectivity index (χ0v) is 15.8. The number of rotatable bonds is 5.